The lowest BCUT2D eigenvalue weighted by Gasteiger charge is -2.18. The molecule has 0 aromatic rings. The first-order valence-corrected chi connectivity index (χ1v) is 6.53. The number of thioether (sulfide) groups is 1. The highest BCUT2D eigenvalue weighted by Gasteiger charge is 2.26. The largest absolute Gasteiger partial charge is 0.391 e. The van der Waals surface area contributed by atoms with Crippen LogP contribution >= 0.6 is 11.8 Å². The van der Waals surface area contributed by atoms with E-state index in [1.54, 1.807) is 9.80 Å². The van der Waals surface area contributed by atoms with Crippen molar-refractivity contribution in [1.82, 2.24) is 9.80 Å². The molecule has 0 spiro atoms. The molecule has 16 heavy (non-hydrogen) atoms. The maximum Gasteiger partial charge on any atom is 0.281 e. The summed E-state index contributed by atoms with van der Waals surface area (Å²) in [6, 6.07) is 0. The topological polar surface area (TPSA) is 60.9 Å². The summed E-state index contributed by atoms with van der Waals surface area (Å²) in [5.41, 5.74) is 0. The van der Waals surface area contributed by atoms with Gasteiger partial charge in [-0.05, 0) is 6.42 Å². The van der Waals surface area contributed by atoms with Crippen LogP contribution in [0.5, 0.6) is 0 Å². The van der Waals surface area contributed by atoms with Gasteiger partial charge in [0.2, 0.25) is 5.91 Å². The van der Waals surface area contributed by atoms with Gasteiger partial charge < -0.3 is 14.9 Å². The molecule has 0 aromatic carbocycles. The zero-order valence-electron chi connectivity index (χ0n) is 9.09. The lowest BCUT2D eigenvalue weighted by Crippen LogP contribution is -2.33. The molecule has 1 atom stereocenters. The second kappa shape index (κ2) is 5.05. The number of rotatable bonds is 3. The van der Waals surface area contributed by atoms with Crippen LogP contribution in [0, 0.1) is 0 Å². The van der Waals surface area contributed by atoms with Crippen molar-refractivity contribution in [3.63, 3.8) is 0 Å². The molecule has 0 bridgehead atoms. The second-order valence-corrected chi connectivity index (χ2v) is 5.18. The van der Waals surface area contributed by atoms with E-state index in [0.717, 1.165) is 12.3 Å². The highest BCUT2D eigenvalue weighted by Crippen LogP contribution is 2.18. The first-order valence-electron chi connectivity index (χ1n) is 5.54. The molecule has 0 aliphatic carbocycles. The van der Waals surface area contributed by atoms with Crippen LogP contribution in [0.4, 0.5) is 4.79 Å². The van der Waals surface area contributed by atoms with E-state index in [-0.39, 0.29) is 17.3 Å². The molecule has 5 nitrogen and oxygen atoms in total. The van der Waals surface area contributed by atoms with Gasteiger partial charge >= 0.3 is 0 Å². The molecule has 2 saturated heterocycles. The van der Waals surface area contributed by atoms with Crippen molar-refractivity contribution in [2.24, 2.45) is 0 Å². The summed E-state index contributed by atoms with van der Waals surface area (Å²) in [4.78, 5) is 26.4. The van der Waals surface area contributed by atoms with Gasteiger partial charge in [-0.3, -0.25) is 9.59 Å². The Morgan fingerprint density at radius 2 is 2.31 bits per heavy atom. The fraction of sp³-hybridized carbons (Fsp3) is 0.800. The Bertz CT molecular complexity index is 298. The standard InChI is InChI=1S/C10H16N2O3S/c13-8-1-3-12(7-8)9(14)2-4-11-5-6-16-10(11)15/h8,13H,1-7H2. The van der Waals surface area contributed by atoms with Crippen molar-refractivity contribution in [3.05, 3.63) is 0 Å². The van der Waals surface area contributed by atoms with Crippen LogP contribution in [-0.2, 0) is 4.79 Å². The van der Waals surface area contributed by atoms with Crippen LogP contribution in [0.2, 0.25) is 0 Å². The number of β-amino-alcohol motifs (C(OH)–C–C–N with tert-alkyl or cyclic N) is 1. The van der Waals surface area contributed by atoms with Crippen LogP contribution in [0.1, 0.15) is 12.8 Å². The molecule has 1 N–H and O–H groups in total. The lowest BCUT2D eigenvalue weighted by molar-refractivity contribution is -0.130. The molecule has 2 amide bonds. The monoisotopic (exact) mass is 244 g/mol. The molecule has 6 heteroatoms. The van der Waals surface area contributed by atoms with E-state index in [4.69, 9.17) is 0 Å². The first-order chi connectivity index (χ1) is 7.66. The van der Waals surface area contributed by atoms with Gasteiger partial charge in [-0.15, -0.1) is 0 Å². The molecule has 2 aliphatic heterocycles. The number of aliphatic hydroxyl groups excluding tert-OH is 1. The number of hydrogen-bond donors (Lipinski definition) is 1. The number of hydrogen-bond acceptors (Lipinski definition) is 4. The van der Waals surface area contributed by atoms with Crippen LogP contribution in [0.25, 0.3) is 0 Å². The van der Waals surface area contributed by atoms with Crippen molar-refractivity contribution in [1.29, 1.82) is 0 Å². The zero-order valence-corrected chi connectivity index (χ0v) is 9.91. The summed E-state index contributed by atoms with van der Waals surface area (Å²) in [5, 5.41) is 9.39. The Labute approximate surface area is 98.8 Å². The predicted octanol–water partition coefficient (Wildman–Crippen LogP) is 0.138. The summed E-state index contributed by atoms with van der Waals surface area (Å²) < 4.78 is 0. The van der Waals surface area contributed by atoms with Gasteiger partial charge in [0, 0.05) is 38.4 Å². The van der Waals surface area contributed by atoms with Crippen molar-refractivity contribution >= 4 is 22.9 Å². The number of nitrogens with zero attached hydrogens (tertiary/aromatic N) is 2. The summed E-state index contributed by atoms with van der Waals surface area (Å²) in [7, 11) is 0. The van der Waals surface area contributed by atoms with E-state index in [9.17, 15) is 14.7 Å². The molecule has 0 radical (unpaired) electrons. The summed E-state index contributed by atoms with van der Waals surface area (Å²) in [6.07, 6.45) is 0.677. The molecule has 0 saturated carbocycles. The Morgan fingerprint density at radius 1 is 1.50 bits per heavy atom. The van der Waals surface area contributed by atoms with Crippen molar-refractivity contribution in [3.8, 4) is 0 Å². The number of carbonyl (C=O) groups excluding carboxylic acids is 2. The molecule has 90 valence electrons. The van der Waals surface area contributed by atoms with Gasteiger partial charge in [0.05, 0.1) is 6.10 Å². The van der Waals surface area contributed by atoms with Crippen LogP contribution < -0.4 is 0 Å². The van der Waals surface area contributed by atoms with Gasteiger partial charge in [0.25, 0.3) is 5.24 Å². The molecular weight excluding hydrogens is 228 g/mol. The number of carbonyl (C=O) groups is 2. The maximum atomic E-state index is 11.7. The van der Waals surface area contributed by atoms with Gasteiger partial charge in [0.1, 0.15) is 0 Å². The van der Waals surface area contributed by atoms with Crippen molar-refractivity contribution in [2.75, 3.05) is 31.9 Å². The van der Waals surface area contributed by atoms with E-state index in [0.29, 0.717) is 32.5 Å². The lowest BCUT2D eigenvalue weighted by atomic mass is 10.3. The molecule has 0 aromatic heterocycles. The highest BCUT2D eigenvalue weighted by molar-refractivity contribution is 8.13. The van der Waals surface area contributed by atoms with E-state index >= 15 is 0 Å². The Morgan fingerprint density at radius 3 is 2.88 bits per heavy atom. The van der Waals surface area contributed by atoms with Gasteiger partial charge in [-0.2, -0.15) is 0 Å². The number of aliphatic hydroxyl groups is 1. The quantitative estimate of drug-likeness (QED) is 0.767. The Hall–Kier alpha value is -0.750. The molecule has 2 heterocycles. The third kappa shape index (κ3) is 2.68. The van der Waals surface area contributed by atoms with E-state index < -0.39 is 0 Å². The van der Waals surface area contributed by atoms with Gasteiger partial charge in [-0.25, -0.2) is 0 Å². The molecule has 1 unspecified atom stereocenters. The average molecular weight is 244 g/mol. The second-order valence-electron chi connectivity index (χ2n) is 4.13. The SMILES string of the molecule is O=C(CCN1CCSC1=O)N1CCC(O)C1. The minimum absolute atomic E-state index is 0.0428. The molecule has 2 aliphatic rings. The fourth-order valence-electron chi connectivity index (χ4n) is 1.99. The third-order valence-electron chi connectivity index (χ3n) is 2.96. The van der Waals surface area contributed by atoms with Crippen LogP contribution in [-0.4, -0.2) is 64.1 Å². The first kappa shape index (κ1) is 11.7. The summed E-state index contributed by atoms with van der Waals surface area (Å²) in [5.74, 6) is 0.872. The maximum absolute atomic E-state index is 11.7. The smallest absolute Gasteiger partial charge is 0.281 e. The Balaban J connectivity index is 1.73. The van der Waals surface area contributed by atoms with E-state index in [1.165, 1.54) is 11.8 Å². The Kier molecular flexibility index (Phi) is 3.70. The van der Waals surface area contributed by atoms with Crippen LogP contribution in [0.15, 0.2) is 0 Å². The van der Waals surface area contributed by atoms with Crippen molar-refractivity contribution in [2.45, 2.75) is 18.9 Å². The predicted molar refractivity (Wildman–Crippen MR) is 61.2 cm³/mol. The van der Waals surface area contributed by atoms with Gasteiger partial charge in [0.15, 0.2) is 0 Å². The minimum atomic E-state index is -0.368. The molecule has 2 fully saturated rings. The summed E-state index contributed by atoms with van der Waals surface area (Å²) >= 11 is 1.31. The zero-order chi connectivity index (χ0) is 11.5. The van der Waals surface area contributed by atoms with Crippen LogP contribution in [0.3, 0.4) is 0 Å². The number of likely N-dealkylation sites (tertiary alicyclic amines) is 1. The van der Waals surface area contributed by atoms with Crippen molar-refractivity contribution < 1.29 is 14.7 Å². The highest BCUT2D eigenvalue weighted by atomic mass is 32.2. The number of amides is 2. The normalized spacial score (nSPS) is 25.6. The molecule has 2 rings (SSSR count). The van der Waals surface area contributed by atoms with E-state index in [2.05, 4.69) is 0 Å². The average Bonchev–Trinajstić information content (AvgIpc) is 2.84. The molecular formula is C10H16N2O3S. The minimum Gasteiger partial charge on any atom is -0.391 e. The summed E-state index contributed by atoms with van der Waals surface area (Å²) in [6.45, 7) is 2.35. The fourth-order valence-corrected chi connectivity index (χ4v) is 2.84. The third-order valence-corrected chi connectivity index (χ3v) is 3.85. The van der Waals surface area contributed by atoms with E-state index in [1.807, 2.05) is 0 Å². The van der Waals surface area contributed by atoms with Gasteiger partial charge in [-0.1, -0.05) is 11.8 Å².